The first-order valence-corrected chi connectivity index (χ1v) is 15.0. The molecule has 2 aromatic rings. The Morgan fingerprint density at radius 2 is 1.22 bits per heavy atom. The summed E-state index contributed by atoms with van der Waals surface area (Å²) in [4.78, 5) is 101. The molecule has 2 aromatic carbocycles. The van der Waals surface area contributed by atoms with Crippen LogP contribution in [-0.4, -0.2) is 97.4 Å². The average molecular weight is 684 g/mol. The number of urea groups is 1. The fraction of sp³-hybridized carbons (Fsp3) is 0.355. The number of aromatic carboxylic acids is 2. The molecule has 2 heterocycles. The molecule has 0 unspecified atom stereocenters. The minimum atomic E-state index is -1.86. The van der Waals surface area contributed by atoms with Crippen LogP contribution in [0.25, 0.3) is 0 Å². The van der Waals surface area contributed by atoms with Gasteiger partial charge in [0.2, 0.25) is 23.6 Å². The standard InChI is InChI=1S/C31H33N5O13/c37-21-6-7-22(38)35(21)26-19(28(41)42)16-20(27(25(26)29(43)44)36-23(39)8-9-24(36)40)34-30(45)32-10-12-47-14-15-48-13-11-33-31(46)49-17-18-4-2-1-3-5-18/h1-5,16H,6-15,17H2,(H,33,46)(H,41,42)(H,43,44)(H2,32,34,45). The summed E-state index contributed by atoms with van der Waals surface area (Å²) in [6.45, 7) is 0.728. The molecule has 0 aromatic heterocycles. The van der Waals surface area contributed by atoms with Crippen molar-refractivity contribution in [1.82, 2.24) is 10.6 Å². The molecule has 2 saturated heterocycles. The number of hydrogen-bond acceptors (Lipinski definition) is 11. The van der Waals surface area contributed by atoms with E-state index in [2.05, 4.69) is 16.0 Å². The van der Waals surface area contributed by atoms with E-state index in [1.54, 1.807) is 0 Å². The van der Waals surface area contributed by atoms with Gasteiger partial charge in [-0.1, -0.05) is 30.3 Å². The van der Waals surface area contributed by atoms with Gasteiger partial charge in [0, 0.05) is 38.8 Å². The summed E-state index contributed by atoms with van der Waals surface area (Å²) in [5, 5.41) is 27.4. The highest BCUT2D eigenvalue weighted by Gasteiger charge is 2.42. The van der Waals surface area contributed by atoms with E-state index < -0.39 is 75.9 Å². The highest BCUT2D eigenvalue weighted by atomic mass is 16.5. The number of imide groups is 2. The third-order valence-electron chi connectivity index (χ3n) is 7.15. The lowest BCUT2D eigenvalue weighted by atomic mass is 10.00. The lowest BCUT2D eigenvalue weighted by Gasteiger charge is -2.26. The largest absolute Gasteiger partial charge is 0.478 e. The molecule has 18 nitrogen and oxygen atoms in total. The van der Waals surface area contributed by atoms with E-state index in [-0.39, 0.29) is 71.8 Å². The average Bonchev–Trinajstić information content (AvgIpc) is 3.58. The Labute approximate surface area is 278 Å². The zero-order valence-electron chi connectivity index (χ0n) is 26.0. The number of amides is 7. The molecule has 2 fully saturated rings. The van der Waals surface area contributed by atoms with Gasteiger partial charge in [-0.15, -0.1) is 0 Å². The van der Waals surface area contributed by atoms with Crippen LogP contribution in [0.3, 0.4) is 0 Å². The van der Waals surface area contributed by atoms with E-state index in [0.717, 1.165) is 11.6 Å². The highest BCUT2D eigenvalue weighted by molar-refractivity contribution is 6.29. The second kappa shape index (κ2) is 16.8. The highest BCUT2D eigenvalue weighted by Crippen LogP contribution is 2.43. The Hall–Kier alpha value is -5.88. The molecule has 0 aliphatic carbocycles. The van der Waals surface area contributed by atoms with E-state index in [0.29, 0.717) is 9.80 Å². The maximum absolute atomic E-state index is 12.8. The maximum Gasteiger partial charge on any atom is 0.407 e. The van der Waals surface area contributed by atoms with Crippen LogP contribution in [-0.2, 0) is 40.0 Å². The number of rotatable bonds is 16. The number of ether oxygens (including phenoxy) is 3. The molecule has 0 spiro atoms. The smallest absolute Gasteiger partial charge is 0.407 e. The van der Waals surface area contributed by atoms with Crippen molar-refractivity contribution in [2.75, 3.05) is 54.6 Å². The summed E-state index contributed by atoms with van der Waals surface area (Å²) in [6, 6.07) is 8.98. The van der Waals surface area contributed by atoms with Gasteiger partial charge in [-0.3, -0.25) is 19.2 Å². The molecule has 0 bridgehead atoms. The fourth-order valence-corrected chi connectivity index (χ4v) is 4.96. The van der Waals surface area contributed by atoms with Gasteiger partial charge in [-0.05, 0) is 11.6 Å². The number of benzene rings is 2. The van der Waals surface area contributed by atoms with E-state index in [1.165, 1.54) is 0 Å². The second-order valence-corrected chi connectivity index (χ2v) is 10.5. The van der Waals surface area contributed by atoms with Gasteiger partial charge in [0.05, 0.1) is 49.1 Å². The Morgan fingerprint density at radius 3 is 1.76 bits per heavy atom. The van der Waals surface area contributed by atoms with Crippen molar-refractivity contribution in [3.8, 4) is 0 Å². The number of hydrogen-bond donors (Lipinski definition) is 5. The van der Waals surface area contributed by atoms with Crippen LogP contribution in [0.15, 0.2) is 36.4 Å². The quantitative estimate of drug-likeness (QED) is 0.124. The van der Waals surface area contributed by atoms with E-state index in [1.807, 2.05) is 30.3 Å². The molecule has 7 amide bonds. The zero-order valence-corrected chi connectivity index (χ0v) is 26.0. The van der Waals surface area contributed by atoms with Gasteiger partial charge < -0.3 is 40.4 Å². The van der Waals surface area contributed by atoms with Gasteiger partial charge in [-0.25, -0.2) is 29.0 Å². The SMILES string of the molecule is O=C(NCCOCCOCCNC(=O)OCc1ccccc1)Nc1cc(C(=O)O)c(N2C(=O)CCC2=O)c(C(=O)O)c1N1C(=O)CCC1=O. The van der Waals surface area contributed by atoms with Crippen LogP contribution in [0, 0.1) is 0 Å². The molecule has 49 heavy (non-hydrogen) atoms. The Bertz CT molecular complexity index is 1610. The van der Waals surface area contributed by atoms with Crippen LogP contribution in [0.4, 0.5) is 26.7 Å². The second-order valence-electron chi connectivity index (χ2n) is 10.5. The van der Waals surface area contributed by atoms with Gasteiger partial charge >= 0.3 is 24.1 Å². The Balaban J connectivity index is 1.32. The Morgan fingerprint density at radius 1 is 0.694 bits per heavy atom. The normalized spacial score (nSPS) is 14.3. The molecule has 0 radical (unpaired) electrons. The number of carbonyl (C=O) groups excluding carboxylic acids is 6. The summed E-state index contributed by atoms with van der Waals surface area (Å²) in [5.41, 5.74) is -3.02. The third-order valence-corrected chi connectivity index (χ3v) is 7.15. The maximum atomic E-state index is 12.8. The fourth-order valence-electron chi connectivity index (χ4n) is 4.96. The first kappa shape index (κ1) is 36.0. The summed E-state index contributed by atoms with van der Waals surface area (Å²) in [6.07, 6.45) is -1.80. The first-order valence-electron chi connectivity index (χ1n) is 15.0. The molecular formula is C31H33N5O13. The molecule has 4 rings (SSSR count). The van der Waals surface area contributed by atoms with Crippen LogP contribution < -0.4 is 25.8 Å². The molecule has 2 aliphatic heterocycles. The van der Waals surface area contributed by atoms with Crippen molar-refractivity contribution >= 4 is 64.8 Å². The third kappa shape index (κ3) is 9.14. The molecular weight excluding hydrogens is 650 g/mol. The molecule has 260 valence electrons. The van der Waals surface area contributed by atoms with Crippen LogP contribution in [0.1, 0.15) is 52.0 Å². The lowest BCUT2D eigenvalue weighted by molar-refractivity contribution is -0.122. The van der Waals surface area contributed by atoms with Crippen LogP contribution >= 0.6 is 0 Å². The van der Waals surface area contributed by atoms with Crippen molar-refractivity contribution in [2.45, 2.75) is 32.3 Å². The molecule has 5 N–H and O–H groups in total. The molecule has 0 saturated carbocycles. The number of alkyl carbamates (subject to hydrolysis) is 1. The van der Waals surface area contributed by atoms with Gasteiger partial charge in [0.25, 0.3) is 0 Å². The van der Waals surface area contributed by atoms with Crippen molar-refractivity contribution in [3.63, 3.8) is 0 Å². The molecule has 0 atom stereocenters. The predicted molar refractivity (Wildman–Crippen MR) is 167 cm³/mol. The number of nitrogens with zero attached hydrogens (tertiary/aromatic N) is 2. The number of carbonyl (C=O) groups is 8. The summed E-state index contributed by atoms with van der Waals surface area (Å²) >= 11 is 0. The van der Waals surface area contributed by atoms with Gasteiger partial charge in [0.1, 0.15) is 12.2 Å². The molecule has 18 heteroatoms. The zero-order chi connectivity index (χ0) is 35.5. The molecule has 2 aliphatic rings. The van der Waals surface area contributed by atoms with E-state index >= 15 is 0 Å². The van der Waals surface area contributed by atoms with E-state index in [9.17, 15) is 48.6 Å². The summed E-state index contributed by atoms with van der Waals surface area (Å²) in [5.74, 6) is -7.02. The van der Waals surface area contributed by atoms with Crippen molar-refractivity contribution in [2.24, 2.45) is 0 Å². The first-order chi connectivity index (χ1) is 23.5. The number of carboxylic acid groups (broad SMARTS) is 2. The van der Waals surface area contributed by atoms with Crippen molar-refractivity contribution < 1.29 is 62.8 Å². The Kier molecular flexibility index (Phi) is 12.3. The van der Waals surface area contributed by atoms with Crippen LogP contribution in [0.2, 0.25) is 0 Å². The topological polar surface area (TPSA) is 247 Å². The predicted octanol–water partition coefficient (Wildman–Crippen LogP) is 1.47. The summed E-state index contributed by atoms with van der Waals surface area (Å²) < 4.78 is 15.8. The number of anilines is 3. The number of carboxylic acids is 2. The van der Waals surface area contributed by atoms with E-state index in [4.69, 9.17) is 14.2 Å². The lowest BCUT2D eigenvalue weighted by Crippen LogP contribution is -2.37. The van der Waals surface area contributed by atoms with Crippen molar-refractivity contribution in [3.05, 3.63) is 53.1 Å². The minimum Gasteiger partial charge on any atom is -0.478 e. The minimum absolute atomic E-state index is 0.00430. The van der Waals surface area contributed by atoms with Gasteiger partial charge in [0.15, 0.2) is 0 Å². The van der Waals surface area contributed by atoms with Crippen molar-refractivity contribution in [1.29, 1.82) is 0 Å². The monoisotopic (exact) mass is 683 g/mol. The van der Waals surface area contributed by atoms with Gasteiger partial charge in [-0.2, -0.15) is 0 Å². The van der Waals surface area contributed by atoms with Crippen LogP contribution in [0.5, 0.6) is 0 Å². The number of nitrogens with one attached hydrogen (secondary N) is 3. The summed E-state index contributed by atoms with van der Waals surface area (Å²) in [7, 11) is 0.